The summed E-state index contributed by atoms with van der Waals surface area (Å²) in [6, 6.07) is 1.49. The van der Waals surface area contributed by atoms with Crippen LogP contribution in [0.15, 0.2) is 30.9 Å². The van der Waals surface area contributed by atoms with Gasteiger partial charge >= 0.3 is 5.51 Å². The molecule has 1 heterocycles. The number of aliphatic hydroxyl groups excluding tert-OH is 1. The van der Waals surface area contributed by atoms with Crippen molar-refractivity contribution < 1.29 is 31.2 Å². The van der Waals surface area contributed by atoms with Gasteiger partial charge < -0.3 is 5.11 Å². The second kappa shape index (κ2) is 6.54. The second-order valence-electron chi connectivity index (χ2n) is 5.61. The average Bonchev–Trinajstić information content (AvgIpc) is 3.14. The predicted octanol–water partition coefficient (Wildman–Crippen LogP) is 3.22. The molecule has 11 heteroatoms. The molecule has 5 nitrogen and oxygen atoms in total. The van der Waals surface area contributed by atoms with Gasteiger partial charge in [0.15, 0.2) is 0 Å². The van der Waals surface area contributed by atoms with Crippen molar-refractivity contribution >= 4 is 12.0 Å². The quantitative estimate of drug-likeness (QED) is 0.615. The molecule has 1 aromatic carbocycles. The van der Waals surface area contributed by atoms with Gasteiger partial charge in [-0.1, -0.05) is 6.07 Å². The molecule has 1 aliphatic carbocycles. The first-order valence-electron chi connectivity index (χ1n) is 7.12. The average molecular weight is 381 g/mol. The largest absolute Gasteiger partial charge is 0.467 e. The maximum absolute atomic E-state index is 14.2. The summed E-state index contributed by atoms with van der Waals surface area (Å²) in [5.74, 6) is -1.78. The zero-order valence-electron chi connectivity index (χ0n) is 12.5. The van der Waals surface area contributed by atoms with E-state index in [0.29, 0.717) is 6.07 Å². The Hall–Kier alpha value is -1.72. The highest BCUT2D eigenvalue weighted by atomic mass is 32.2. The van der Waals surface area contributed by atoms with E-state index in [4.69, 9.17) is 4.18 Å². The normalized spacial score (nSPS) is 18.8. The minimum absolute atomic E-state index is 0.133. The van der Waals surface area contributed by atoms with E-state index in [-0.39, 0.29) is 18.4 Å². The van der Waals surface area contributed by atoms with Gasteiger partial charge in [-0.25, -0.2) is 18.4 Å². The molecule has 2 unspecified atom stereocenters. The third kappa shape index (κ3) is 3.93. The van der Waals surface area contributed by atoms with Crippen molar-refractivity contribution in [1.82, 2.24) is 14.8 Å². The van der Waals surface area contributed by atoms with Crippen molar-refractivity contribution in [2.45, 2.75) is 36.1 Å². The third-order valence-electron chi connectivity index (χ3n) is 3.89. The monoisotopic (exact) mass is 381 g/mol. The van der Waals surface area contributed by atoms with E-state index < -0.39 is 46.9 Å². The van der Waals surface area contributed by atoms with Gasteiger partial charge in [-0.15, -0.1) is 0 Å². The number of aliphatic hydroxyl groups is 1. The number of nitrogens with zero attached hydrogens (tertiary/aromatic N) is 3. The van der Waals surface area contributed by atoms with Crippen LogP contribution in [-0.2, 0) is 4.18 Å². The summed E-state index contributed by atoms with van der Waals surface area (Å²) in [5.41, 5.74) is -6.28. The lowest BCUT2D eigenvalue weighted by Crippen LogP contribution is -2.39. The lowest BCUT2D eigenvalue weighted by Gasteiger charge is -2.30. The van der Waals surface area contributed by atoms with Crippen molar-refractivity contribution in [1.29, 1.82) is 0 Å². The Bertz CT molecular complexity index is 737. The second-order valence-corrected chi connectivity index (χ2v) is 6.40. The number of benzene rings is 1. The van der Waals surface area contributed by atoms with Crippen LogP contribution in [0.2, 0.25) is 0 Å². The van der Waals surface area contributed by atoms with Crippen LogP contribution in [0.1, 0.15) is 24.4 Å². The lowest BCUT2D eigenvalue weighted by molar-refractivity contribution is -0.0531. The smallest absolute Gasteiger partial charge is 0.387 e. The topological polar surface area (TPSA) is 60.2 Å². The van der Waals surface area contributed by atoms with Crippen LogP contribution in [0.3, 0.4) is 0 Å². The van der Waals surface area contributed by atoms with Gasteiger partial charge in [0.1, 0.15) is 54.1 Å². The van der Waals surface area contributed by atoms with E-state index in [9.17, 15) is 27.1 Å². The van der Waals surface area contributed by atoms with Crippen LogP contribution >= 0.6 is 12.0 Å². The van der Waals surface area contributed by atoms with Crippen LogP contribution in [0.25, 0.3) is 0 Å². The zero-order chi connectivity index (χ0) is 18.2. The molecular formula is C14H12F5N3O2S. The highest BCUT2D eigenvalue weighted by Crippen LogP contribution is 2.51. The molecule has 0 radical (unpaired) electrons. The Kier molecular flexibility index (Phi) is 4.73. The summed E-state index contributed by atoms with van der Waals surface area (Å²) < 4.78 is 70.5. The first kappa shape index (κ1) is 18.1. The molecule has 3 rings (SSSR count). The van der Waals surface area contributed by atoms with E-state index in [1.165, 1.54) is 6.33 Å². The van der Waals surface area contributed by atoms with E-state index in [0.717, 1.165) is 23.1 Å². The number of hydrogen-bond acceptors (Lipinski definition) is 5. The molecule has 2 aromatic rings. The Morgan fingerprint density at radius 1 is 1.28 bits per heavy atom. The molecule has 1 N–H and O–H groups in total. The molecule has 1 fully saturated rings. The van der Waals surface area contributed by atoms with Crippen molar-refractivity contribution in [2.24, 2.45) is 0 Å². The standard InChI is InChI=1S/C14H12F5N3O2S/c15-8-1-2-9(10(16)5-8)11(22-7-20-6-21-22)12(23)13(3-4-13)24-25-14(17,18)19/h1-2,5-7,11-12,23H,3-4H2. The number of aromatic nitrogens is 3. The molecule has 136 valence electrons. The summed E-state index contributed by atoms with van der Waals surface area (Å²) in [6.45, 7) is 0. The summed E-state index contributed by atoms with van der Waals surface area (Å²) in [6.07, 6.45) is 1.08. The molecule has 0 saturated heterocycles. The van der Waals surface area contributed by atoms with Crippen LogP contribution < -0.4 is 0 Å². The van der Waals surface area contributed by atoms with Gasteiger partial charge in [0.25, 0.3) is 0 Å². The summed E-state index contributed by atoms with van der Waals surface area (Å²) in [5, 5.41) is 14.5. The molecule has 2 atom stereocenters. The number of halogens is 5. The SMILES string of the molecule is OC(C(c1ccc(F)cc1F)n1cncn1)C1(OSC(F)(F)F)CC1. The fraction of sp³-hybridized carbons (Fsp3) is 0.429. The number of hydrogen-bond donors (Lipinski definition) is 1. The van der Waals surface area contributed by atoms with Gasteiger partial charge in [-0.05, 0) is 18.9 Å². The van der Waals surface area contributed by atoms with Gasteiger partial charge in [-0.3, -0.25) is 4.18 Å². The Balaban J connectivity index is 1.93. The van der Waals surface area contributed by atoms with Gasteiger partial charge in [0.05, 0.1) is 0 Å². The zero-order valence-corrected chi connectivity index (χ0v) is 13.3. The molecule has 1 aliphatic rings. The minimum Gasteiger partial charge on any atom is -0.387 e. The van der Waals surface area contributed by atoms with E-state index >= 15 is 0 Å². The Morgan fingerprint density at radius 2 is 2.00 bits per heavy atom. The number of alkyl halides is 3. The molecule has 1 saturated carbocycles. The third-order valence-corrected chi connectivity index (χ3v) is 4.49. The summed E-state index contributed by atoms with van der Waals surface area (Å²) in [7, 11) is 0. The first-order valence-corrected chi connectivity index (χ1v) is 7.87. The first-order chi connectivity index (χ1) is 11.7. The van der Waals surface area contributed by atoms with Crippen LogP contribution in [0.5, 0.6) is 0 Å². The van der Waals surface area contributed by atoms with Crippen LogP contribution in [-0.4, -0.2) is 37.1 Å². The van der Waals surface area contributed by atoms with Crippen molar-refractivity contribution in [3.63, 3.8) is 0 Å². The van der Waals surface area contributed by atoms with Gasteiger partial charge in [-0.2, -0.15) is 18.3 Å². The maximum atomic E-state index is 14.2. The minimum atomic E-state index is -4.64. The molecule has 0 spiro atoms. The Morgan fingerprint density at radius 3 is 2.52 bits per heavy atom. The van der Waals surface area contributed by atoms with Crippen molar-refractivity contribution in [2.75, 3.05) is 0 Å². The maximum Gasteiger partial charge on any atom is 0.467 e. The molecular weight excluding hydrogens is 369 g/mol. The van der Waals surface area contributed by atoms with Crippen LogP contribution in [0, 0.1) is 11.6 Å². The number of rotatable bonds is 6. The molecule has 0 aliphatic heterocycles. The predicted molar refractivity (Wildman–Crippen MR) is 77.2 cm³/mol. The van der Waals surface area contributed by atoms with Gasteiger partial charge in [0.2, 0.25) is 0 Å². The molecule has 1 aromatic heterocycles. The highest BCUT2D eigenvalue weighted by Gasteiger charge is 2.56. The summed E-state index contributed by atoms with van der Waals surface area (Å²) in [4.78, 5) is 3.70. The fourth-order valence-electron chi connectivity index (χ4n) is 2.53. The lowest BCUT2D eigenvalue weighted by atomic mass is 9.96. The summed E-state index contributed by atoms with van der Waals surface area (Å²) >= 11 is -0.711. The van der Waals surface area contributed by atoms with Crippen LogP contribution in [0.4, 0.5) is 22.0 Å². The highest BCUT2D eigenvalue weighted by molar-refractivity contribution is 7.95. The van der Waals surface area contributed by atoms with E-state index in [2.05, 4.69) is 10.1 Å². The molecule has 25 heavy (non-hydrogen) atoms. The molecule has 0 bridgehead atoms. The van der Waals surface area contributed by atoms with E-state index in [1.807, 2.05) is 0 Å². The van der Waals surface area contributed by atoms with Crippen molar-refractivity contribution in [3.8, 4) is 0 Å². The molecule has 0 amide bonds. The Labute approximate surface area is 143 Å². The fourth-order valence-corrected chi connectivity index (χ4v) is 3.05. The van der Waals surface area contributed by atoms with Gasteiger partial charge in [0, 0.05) is 11.6 Å². The van der Waals surface area contributed by atoms with Crippen molar-refractivity contribution in [3.05, 3.63) is 48.1 Å². The van der Waals surface area contributed by atoms with E-state index in [1.54, 1.807) is 0 Å².